The molecule has 1 aromatic carbocycles. The molecular formula is C14H22N2O2. The largest absolute Gasteiger partial charge is 0.495 e. The molecule has 4 nitrogen and oxygen atoms in total. The van der Waals surface area contributed by atoms with Gasteiger partial charge in [-0.1, -0.05) is 12.1 Å². The average Bonchev–Trinajstić information content (AvgIpc) is 2.60. The lowest BCUT2D eigenvalue weighted by molar-refractivity contribution is 0.240. The Kier molecular flexibility index (Phi) is 4.44. The molecule has 0 radical (unpaired) electrons. The van der Waals surface area contributed by atoms with Crippen LogP contribution in [-0.2, 0) is 0 Å². The minimum absolute atomic E-state index is 0.118. The predicted molar refractivity (Wildman–Crippen MR) is 73.3 cm³/mol. The Bertz CT molecular complexity index is 384. The van der Waals surface area contributed by atoms with Gasteiger partial charge in [-0.25, -0.2) is 0 Å². The zero-order valence-corrected chi connectivity index (χ0v) is 11.1. The van der Waals surface area contributed by atoms with Gasteiger partial charge >= 0.3 is 0 Å². The van der Waals surface area contributed by atoms with Crippen molar-refractivity contribution in [2.45, 2.75) is 25.4 Å². The third-order valence-corrected chi connectivity index (χ3v) is 3.44. The molecule has 100 valence electrons. The van der Waals surface area contributed by atoms with Gasteiger partial charge in [0.05, 0.1) is 19.4 Å². The lowest BCUT2D eigenvalue weighted by Gasteiger charge is -2.27. The molecule has 0 aromatic heterocycles. The summed E-state index contributed by atoms with van der Waals surface area (Å²) >= 11 is 0. The van der Waals surface area contributed by atoms with E-state index in [4.69, 9.17) is 4.74 Å². The van der Waals surface area contributed by atoms with E-state index in [0.29, 0.717) is 6.04 Å². The van der Waals surface area contributed by atoms with Gasteiger partial charge in [0.15, 0.2) is 0 Å². The topological polar surface area (TPSA) is 44.7 Å². The molecule has 2 N–H and O–H groups in total. The van der Waals surface area contributed by atoms with Crippen LogP contribution in [0.2, 0.25) is 0 Å². The number of para-hydroxylation sites is 2. The van der Waals surface area contributed by atoms with Crippen molar-refractivity contribution >= 4 is 5.69 Å². The molecule has 2 atom stereocenters. The molecule has 1 fully saturated rings. The number of aliphatic hydroxyl groups is 1. The van der Waals surface area contributed by atoms with Crippen LogP contribution in [0.5, 0.6) is 5.75 Å². The van der Waals surface area contributed by atoms with E-state index in [1.54, 1.807) is 7.11 Å². The zero-order valence-electron chi connectivity index (χ0n) is 11.1. The summed E-state index contributed by atoms with van der Waals surface area (Å²) in [5, 5.41) is 12.8. The highest BCUT2D eigenvalue weighted by Crippen LogP contribution is 2.28. The van der Waals surface area contributed by atoms with Gasteiger partial charge in [-0.05, 0) is 25.5 Å². The molecule has 0 saturated carbocycles. The molecule has 1 saturated heterocycles. The van der Waals surface area contributed by atoms with Crippen molar-refractivity contribution in [3.8, 4) is 5.75 Å². The Morgan fingerprint density at radius 3 is 2.94 bits per heavy atom. The second kappa shape index (κ2) is 6.07. The third kappa shape index (κ3) is 2.94. The Hall–Kier alpha value is -1.26. The lowest BCUT2D eigenvalue weighted by Crippen LogP contribution is -2.42. The predicted octanol–water partition coefficient (Wildman–Crippen LogP) is 1.24. The van der Waals surface area contributed by atoms with Crippen molar-refractivity contribution in [2.24, 2.45) is 0 Å². The van der Waals surface area contributed by atoms with Crippen molar-refractivity contribution in [2.75, 3.05) is 31.7 Å². The van der Waals surface area contributed by atoms with Crippen LogP contribution < -0.4 is 15.0 Å². The van der Waals surface area contributed by atoms with E-state index in [9.17, 15) is 5.11 Å². The van der Waals surface area contributed by atoms with E-state index in [-0.39, 0.29) is 12.6 Å². The highest BCUT2D eigenvalue weighted by atomic mass is 16.5. The van der Waals surface area contributed by atoms with E-state index in [1.807, 2.05) is 18.2 Å². The molecule has 4 heteroatoms. The molecule has 0 amide bonds. The Morgan fingerprint density at radius 1 is 1.44 bits per heavy atom. The van der Waals surface area contributed by atoms with E-state index in [0.717, 1.165) is 30.9 Å². The van der Waals surface area contributed by atoms with Gasteiger partial charge in [-0.2, -0.15) is 0 Å². The second-order valence-corrected chi connectivity index (χ2v) is 4.85. The summed E-state index contributed by atoms with van der Waals surface area (Å²) < 4.78 is 5.41. The average molecular weight is 250 g/mol. The summed E-state index contributed by atoms with van der Waals surface area (Å²) in [5.41, 5.74) is 1.11. The molecule has 0 aliphatic carbocycles. The summed E-state index contributed by atoms with van der Waals surface area (Å²) in [6.45, 7) is 4.11. The van der Waals surface area contributed by atoms with Crippen molar-refractivity contribution in [3.63, 3.8) is 0 Å². The van der Waals surface area contributed by atoms with Gasteiger partial charge in [0.2, 0.25) is 0 Å². The molecule has 18 heavy (non-hydrogen) atoms. The first kappa shape index (κ1) is 13.2. The molecule has 1 aliphatic rings. The number of rotatable bonds is 3. The fraction of sp³-hybridized carbons (Fsp3) is 0.571. The molecule has 1 heterocycles. The molecular weight excluding hydrogens is 228 g/mol. The summed E-state index contributed by atoms with van der Waals surface area (Å²) in [6.07, 6.45) is 1.06. The van der Waals surface area contributed by atoms with E-state index in [2.05, 4.69) is 23.2 Å². The molecule has 1 aliphatic heterocycles. The van der Waals surface area contributed by atoms with Crippen LogP contribution in [0.3, 0.4) is 0 Å². The number of methoxy groups -OCH3 is 1. The SMILES string of the molecule is COc1ccccc1N1CCC(C)NC(CO)C1. The van der Waals surface area contributed by atoms with Gasteiger partial charge in [-0.15, -0.1) is 0 Å². The van der Waals surface area contributed by atoms with E-state index < -0.39 is 0 Å². The first-order valence-electron chi connectivity index (χ1n) is 6.49. The van der Waals surface area contributed by atoms with Crippen molar-refractivity contribution < 1.29 is 9.84 Å². The normalized spacial score (nSPS) is 24.7. The summed E-state index contributed by atoms with van der Waals surface area (Å²) in [4.78, 5) is 2.29. The summed E-state index contributed by atoms with van der Waals surface area (Å²) in [5.74, 6) is 0.892. The highest BCUT2D eigenvalue weighted by Gasteiger charge is 2.22. The maximum absolute atomic E-state index is 9.40. The van der Waals surface area contributed by atoms with Crippen LogP contribution in [0.15, 0.2) is 24.3 Å². The molecule has 1 aromatic rings. The monoisotopic (exact) mass is 250 g/mol. The minimum atomic E-state index is 0.118. The molecule has 2 unspecified atom stereocenters. The van der Waals surface area contributed by atoms with Crippen LogP contribution in [-0.4, -0.2) is 44.0 Å². The van der Waals surface area contributed by atoms with E-state index >= 15 is 0 Å². The van der Waals surface area contributed by atoms with Crippen LogP contribution in [0.25, 0.3) is 0 Å². The number of hydrogen-bond donors (Lipinski definition) is 2. The van der Waals surface area contributed by atoms with Crippen molar-refractivity contribution in [1.29, 1.82) is 0 Å². The smallest absolute Gasteiger partial charge is 0.142 e. The van der Waals surface area contributed by atoms with Crippen LogP contribution in [0.4, 0.5) is 5.69 Å². The molecule has 0 bridgehead atoms. The summed E-state index contributed by atoms with van der Waals surface area (Å²) in [7, 11) is 1.70. The number of hydrogen-bond acceptors (Lipinski definition) is 4. The zero-order chi connectivity index (χ0) is 13.0. The Labute approximate surface area is 109 Å². The van der Waals surface area contributed by atoms with Gasteiger partial charge in [0, 0.05) is 25.2 Å². The van der Waals surface area contributed by atoms with Gasteiger partial charge in [0.1, 0.15) is 5.75 Å². The standard InChI is InChI=1S/C14H22N2O2/c1-11-7-8-16(9-12(10-17)15-11)13-5-3-4-6-14(13)18-2/h3-6,11-12,15,17H,7-10H2,1-2H3. The van der Waals surface area contributed by atoms with E-state index in [1.165, 1.54) is 0 Å². The van der Waals surface area contributed by atoms with Crippen LogP contribution in [0, 0.1) is 0 Å². The third-order valence-electron chi connectivity index (χ3n) is 3.44. The highest BCUT2D eigenvalue weighted by molar-refractivity contribution is 5.58. The number of nitrogens with one attached hydrogen (secondary N) is 1. The lowest BCUT2D eigenvalue weighted by atomic mass is 10.2. The van der Waals surface area contributed by atoms with Crippen LogP contribution in [0.1, 0.15) is 13.3 Å². The number of benzene rings is 1. The fourth-order valence-electron chi connectivity index (χ4n) is 2.47. The maximum Gasteiger partial charge on any atom is 0.142 e. The molecule has 2 rings (SSSR count). The first-order valence-corrected chi connectivity index (χ1v) is 6.49. The van der Waals surface area contributed by atoms with Crippen molar-refractivity contribution in [3.05, 3.63) is 24.3 Å². The fourth-order valence-corrected chi connectivity index (χ4v) is 2.47. The van der Waals surface area contributed by atoms with Gasteiger partial charge < -0.3 is 20.1 Å². The number of ether oxygens (including phenoxy) is 1. The number of aliphatic hydroxyl groups excluding tert-OH is 1. The second-order valence-electron chi connectivity index (χ2n) is 4.85. The van der Waals surface area contributed by atoms with Crippen LogP contribution >= 0.6 is 0 Å². The van der Waals surface area contributed by atoms with Gasteiger partial charge in [-0.3, -0.25) is 0 Å². The van der Waals surface area contributed by atoms with Gasteiger partial charge in [0.25, 0.3) is 0 Å². The number of nitrogens with zero attached hydrogens (tertiary/aromatic N) is 1. The number of anilines is 1. The molecule has 0 spiro atoms. The summed E-state index contributed by atoms with van der Waals surface area (Å²) in [6, 6.07) is 8.60. The van der Waals surface area contributed by atoms with Crippen molar-refractivity contribution in [1.82, 2.24) is 5.32 Å². The Morgan fingerprint density at radius 2 is 2.22 bits per heavy atom. The first-order chi connectivity index (χ1) is 8.74. The quantitative estimate of drug-likeness (QED) is 0.847. The maximum atomic E-state index is 9.40. The minimum Gasteiger partial charge on any atom is -0.495 e. The Balaban J connectivity index is 2.20.